The summed E-state index contributed by atoms with van der Waals surface area (Å²) in [6, 6.07) is 7.63. The Morgan fingerprint density at radius 2 is 2.10 bits per heavy atom. The van der Waals surface area contributed by atoms with E-state index in [0.717, 1.165) is 28.8 Å². The number of aromatic nitrogens is 4. The number of halogens is 1. The molecule has 0 aliphatic carbocycles. The molecule has 0 fully saturated rings. The molecule has 1 unspecified atom stereocenters. The number of benzene rings is 1. The van der Waals surface area contributed by atoms with Crippen LogP contribution in [0.25, 0.3) is 10.9 Å². The number of hydrogen-bond donors (Lipinski definition) is 1. The molecule has 0 spiro atoms. The minimum Gasteiger partial charge on any atom is -0.318 e. The Balaban J connectivity index is 2.18. The van der Waals surface area contributed by atoms with Gasteiger partial charge in [-0.2, -0.15) is 10.2 Å². The summed E-state index contributed by atoms with van der Waals surface area (Å²) in [5, 5.41) is 10.4. The number of para-hydroxylation sites is 1. The van der Waals surface area contributed by atoms with Crippen LogP contribution in [0.15, 0.2) is 30.5 Å². The molecule has 3 rings (SSSR count). The number of hydrogen-bond acceptors (Lipinski definition) is 3. The van der Waals surface area contributed by atoms with Gasteiger partial charge in [0.15, 0.2) is 0 Å². The van der Waals surface area contributed by atoms with Crippen LogP contribution >= 0.6 is 11.6 Å². The Hall–Kier alpha value is -1.85. The number of fused-ring (bicyclic) bond motifs is 1. The molecule has 0 aliphatic heterocycles. The minimum absolute atomic E-state index is 0.393. The van der Waals surface area contributed by atoms with Gasteiger partial charge in [-0.1, -0.05) is 29.8 Å². The van der Waals surface area contributed by atoms with Crippen molar-refractivity contribution in [1.29, 1.82) is 0 Å². The first kappa shape index (κ1) is 13.1. The third-order valence-electron chi connectivity index (χ3n) is 3.51. The molecule has 5 nitrogen and oxygen atoms in total. The molecule has 2 N–H and O–H groups in total. The molecule has 2 heterocycles. The second-order valence-electron chi connectivity index (χ2n) is 4.70. The summed E-state index contributed by atoms with van der Waals surface area (Å²) in [5.41, 5.74) is 9.07. The molecule has 104 valence electrons. The van der Waals surface area contributed by atoms with E-state index in [4.69, 9.17) is 17.3 Å². The Kier molecular flexibility index (Phi) is 3.23. The van der Waals surface area contributed by atoms with Gasteiger partial charge in [0.2, 0.25) is 0 Å². The average molecular weight is 290 g/mol. The second kappa shape index (κ2) is 4.92. The van der Waals surface area contributed by atoms with Crippen molar-refractivity contribution in [2.24, 2.45) is 12.8 Å². The van der Waals surface area contributed by atoms with Crippen LogP contribution in [0.3, 0.4) is 0 Å². The van der Waals surface area contributed by atoms with E-state index in [2.05, 4.69) is 10.2 Å². The van der Waals surface area contributed by atoms with Gasteiger partial charge < -0.3 is 5.73 Å². The molecule has 2 aromatic heterocycles. The van der Waals surface area contributed by atoms with Gasteiger partial charge in [-0.25, -0.2) is 0 Å². The summed E-state index contributed by atoms with van der Waals surface area (Å²) in [6.07, 6.45) is 1.63. The second-order valence-corrected chi connectivity index (χ2v) is 5.10. The van der Waals surface area contributed by atoms with E-state index in [1.807, 2.05) is 47.6 Å². The van der Waals surface area contributed by atoms with Crippen LogP contribution in [0.4, 0.5) is 0 Å². The molecular weight excluding hydrogens is 274 g/mol. The molecule has 0 saturated heterocycles. The first-order valence-corrected chi connectivity index (χ1v) is 6.89. The van der Waals surface area contributed by atoms with Gasteiger partial charge in [0, 0.05) is 19.0 Å². The zero-order valence-corrected chi connectivity index (χ0v) is 12.2. The molecule has 0 saturated carbocycles. The van der Waals surface area contributed by atoms with Gasteiger partial charge in [0.25, 0.3) is 0 Å². The third kappa shape index (κ3) is 1.90. The smallest absolute Gasteiger partial charge is 0.0937 e. The lowest BCUT2D eigenvalue weighted by molar-refractivity contribution is 0.593. The van der Waals surface area contributed by atoms with E-state index in [1.54, 1.807) is 6.20 Å². The zero-order chi connectivity index (χ0) is 14.3. The molecule has 0 bridgehead atoms. The van der Waals surface area contributed by atoms with Crippen molar-refractivity contribution < 1.29 is 0 Å². The molecule has 20 heavy (non-hydrogen) atoms. The molecule has 6 heteroatoms. The first-order valence-electron chi connectivity index (χ1n) is 6.52. The van der Waals surface area contributed by atoms with E-state index in [9.17, 15) is 0 Å². The maximum absolute atomic E-state index is 6.40. The van der Waals surface area contributed by atoms with Gasteiger partial charge in [-0.05, 0) is 13.0 Å². The molecular formula is C14H16ClN5. The summed E-state index contributed by atoms with van der Waals surface area (Å²) in [4.78, 5) is 0. The fourth-order valence-electron chi connectivity index (χ4n) is 2.53. The van der Waals surface area contributed by atoms with Gasteiger partial charge in [-0.15, -0.1) is 0 Å². The largest absolute Gasteiger partial charge is 0.318 e. The van der Waals surface area contributed by atoms with Crippen molar-refractivity contribution in [2.45, 2.75) is 19.5 Å². The van der Waals surface area contributed by atoms with Crippen LogP contribution in [-0.4, -0.2) is 19.6 Å². The molecule has 0 aliphatic rings. The van der Waals surface area contributed by atoms with Crippen molar-refractivity contribution in [2.75, 3.05) is 0 Å². The molecule has 1 atom stereocenters. The van der Waals surface area contributed by atoms with Crippen LogP contribution in [0, 0.1) is 0 Å². The standard InChI is InChI=1S/C14H16ClN5/c1-3-20-14(10(15)8-17-20)12(16)13-9-6-4-5-7-11(9)19(2)18-13/h4-8,12H,3,16H2,1-2H3. The van der Waals surface area contributed by atoms with E-state index < -0.39 is 6.04 Å². The molecule has 0 amide bonds. The van der Waals surface area contributed by atoms with Gasteiger partial charge in [0.1, 0.15) is 0 Å². The highest BCUT2D eigenvalue weighted by molar-refractivity contribution is 6.31. The topological polar surface area (TPSA) is 61.7 Å². The average Bonchev–Trinajstić information content (AvgIpc) is 3.00. The number of aryl methyl sites for hydroxylation is 2. The van der Waals surface area contributed by atoms with Crippen LogP contribution in [0.1, 0.15) is 24.4 Å². The lowest BCUT2D eigenvalue weighted by Gasteiger charge is -2.12. The van der Waals surface area contributed by atoms with Crippen LogP contribution < -0.4 is 5.73 Å². The highest BCUT2D eigenvalue weighted by Gasteiger charge is 2.22. The van der Waals surface area contributed by atoms with Crippen molar-refractivity contribution >= 4 is 22.5 Å². The first-order chi connectivity index (χ1) is 9.63. The predicted molar refractivity (Wildman–Crippen MR) is 79.7 cm³/mol. The van der Waals surface area contributed by atoms with Crippen molar-refractivity contribution in [3.8, 4) is 0 Å². The normalized spacial score (nSPS) is 13.0. The lowest BCUT2D eigenvalue weighted by Crippen LogP contribution is -2.18. The Morgan fingerprint density at radius 3 is 2.85 bits per heavy atom. The maximum atomic E-state index is 6.40. The lowest BCUT2D eigenvalue weighted by atomic mass is 10.1. The summed E-state index contributed by atoms with van der Waals surface area (Å²) < 4.78 is 3.65. The van der Waals surface area contributed by atoms with Crippen molar-refractivity contribution in [1.82, 2.24) is 19.6 Å². The monoisotopic (exact) mass is 289 g/mol. The fourth-order valence-corrected chi connectivity index (χ4v) is 2.79. The maximum Gasteiger partial charge on any atom is 0.0937 e. The SMILES string of the molecule is CCn1ncc(Cl)c1C(N)c1nn(C)c2ccccc12. The van der Waals surface area contributed by atoms with Crippen LogP contribution in [0.2, 0.25) is 5.02 Å². The summed E-state index contributed by atoms with van der Waals surface area (Å²) in [7, 11) is 1.91. The summed E-state index contributed by atoms with van der Waals surface area (Å²) in [6.45, 7) is 2.73. The number of nitrogens with zero attached hydrogens (tertiary/aromatic N) is 4. The van der Waals surface area contributed by atoms with Gasteiger partial charge >= 0.3 is 0 Å². The van der Waals surface area contributed by atoms with Crippen molar-refractivity contribution in [3.05, 3.63) is 46.9 Å². The summed E-state index contributed by atoms with van der Waals surface area (Å²) >= 11 is 6.23. The fraction of sp³-hybridized carbons (Fsp3) is 0.286. The molecule has 1 aromatic carbocycles. The number of rotatable bonds is 3. The quantitative estimate of drug-likeness (QED) is 0.806. The van der Waals surface area contributed by atoms with Crippen molar-refractivity contribution in [3.63, 3.8) is 0 Å². The zero-order valence-electron chi connectivity index (χ0n) is 11.4. The van der Waals surface area contributed by atoms with Gasteiger partial charge in [0.05, 0.1) is 34.2 Å². The van der Waals surface area contributed by atoms with Crippen LogP contribution in [0.5, 0.6) is 0 Å². The van der Waals surface area contributed by atoms with E-state index in [0.29, 0.717) is 5.02 Å². The van der Waals surface area contributed by atoms with E-state index in [-0.39, 0.29) is 0 Å². The number of nitrogens with two attached hydrogens (primary N) is 1. The van der Waals surface area contributed by atoms with E-state index in [1.165, 1.54) is 0 Å². The van der Waals surface area contributed by atoms with E-state index >= 15 is 0 Å². The third-order valence-corrected chi connectivity index (χ3v) is 3.80. The van der Waals surface area contributed by atoms with Crippen LogP contribution in [-0.2, 0) is 13.6 Å². The highest BCUT2D eigenvalue weighted by atomic mass is 35.5. The molecule has 0 radical (unpaired) electrons. The summed E-state index contributed by atoms with van der Waals surface area (Å²) in [5.74, 6) is 0. The molecule has 3 aromatic rings. The Morgan fingerprint density at radius 1 is 1.35 bits per heavy atom. The Bertz CT molecular complexity index is 758. The van der Waals surface area contributed by atoms with Gasteiger partial charge in [-0.3, -0.25) is 9.36 Å². The Labute approximate surface area is 121 Å². The highest BCUT2D eigenvalue weighted by Crippen LogP contribution is 2.30. The minimum atomic E-state index is -0.393. The predicted octanol–water partition coefficient (Wildman–Crippen LogP) is 2.49.